The SMILES string of the molecule is COCNC(=O)c1cn(Cc2cccc(Cl)c2)c2ccccc2c1=O. The number of aromatic nitrogens is 1. The quantitative estimate of drug-likeness (QED) is 0.715. The number of para-hydroxylation sites is 1. The maximum atomic E-state index is 12.7. The summed E-state index contributed by atoms with van der Waals surface area (Å²) in [5, 5.41) is 3.69. The normalized spacial score (nSPS) is 10.8. The number of ether oxygens (including phenoxy) is 1. The van der Waals surface area contributed by atoms with Crippen molar-refractivity contribution in [2.24, 2.45) is 0 Å². The molecule has 0 aliphatic rings. The maximum absolute atomic E-state index is 12.7. The Morgan fingerprint density at radius 2 is 2.00 bits per heavy atom. The van der Waals surface area contributed by atoms with Crippen molar-refractivity contribution in [3.05, 3.63) is 81.1 Å². The third-order valence-corrected chi connectivity index (χ3v) is 4.09. The first-order valence-corrected chi connectivity index (χ1v) is 8.11. The molecule has 0 fully saturated rings. The van der Waals surface area contributed by atoms with Gasteiger partial charge < -0.3 is 14.6 Å². The van der Waals surface area contributed by atoms with E-state index in [9.17, 15) is 9.59 Å². The summed E-state index contributed by atoms with van der Waals surface area (Å²) in [6, 6.07) is 14.7. The average Bonchev–Trinajstić information content (AvgIpc) is 2.62. The topological polar surface area (TPSA) is 60.3 Å². The lowest BCUT2D eigenvalue weighted by molar-refractivity contribution is 0.0870. The number of carbonyl (C=O) groups is 1. The number of halogens is 1. The highest BCUT2D eigenvalue weighted by atomic mass is 35.5. The second kappa shape index (κ2) is 7.51. The summed E-state index contributed by atoms with van der Waals surface area (Å²) in [7, 11) is 1.47. The lowest BCUT2D eigenvalue weighted by Gasteiger charge is -2.14. The fraction of sp³-hybridized carbons (Fsp3) is 0.158. The van der Waals surface area contributed by atoms with Gasteiger partial charge in [-0.25, -0.2) is 0 Å². The van der Waals surface area contributed by atoms with Gasteiger partial charge in [-0.1, -0.05) is 35.9 Å². The summed E-state index contributed by atoms with van der Waals surface area (Å²) in [5.74, 6) is -0.461. The number of benzene rings is 2. The second-order valence-corrected chi connectivity index (χ2v) is 6.02. The van der Waals surface area contributed by atoms with Gasteiger partial charge >= 0.3 is 0 Å². The minimum atomic E-state index is -0.461. The molecule has 0 saturated carbocycles. The third kappa shape index (κ3) is 3.73. The van der Waals surface area contributed by atoms with Gasteiger partial charge in [0.2, 0.25) is 5.43 Å². The molecule has 0 bridgehead atoms. The first-order chi connectivity index (χ1) is 12.1. The molecule has 1 amide bonds. The van der Waals surface area contributed by atoms with Crippen molar-refractivity contribution < 1.29 is 9.53 Å². The van der Waals surface area contributed by atoms with E-state index in [-0.39, 0.29) is 17.7 Å². The molecule has 1 N–H and O–H groups in total. The maximum Gasteiger partial charge on any atom is 0.258 e. The standard InChI is InChI=1S/C19H17ClN2O3/c1-25-12-21-19(24)16-11-22(10-13-5-4-6-14(20)9-13)17-8-3-2-7-15(17)18(16)23/h2-9,11H,10,12H2,1H3,(H,21,24). The Labute approximate surface area is 149 Å². The van der Waals surface area contributed by atoms with Crippen LogP contribution in [-0.2, 0) is 11.3 Å². The number of methoxy groups -OCH3 is 1. The van der Waals surface area contributed by atoms with Gasteiger partial charge in [0.15, 0.2) is 0 Å². The molecule has 0 atom stereocenters. The van der Waals surface area contributed by atoms with Gasteiger partial charge in [0.1, 0.15) is 12.3 Å². The van der Waals surface area contributed by atoms with Crippen LogP contribution in [0.5, 0.6) is 0 Å². The van der Waals surface area contributed by atoms with Crippen molar-refractivity contribution in [3.8, 4) is 0 Å². The zero-order chi connectivity index (χ0) is 17.8. The molecule has 6 heteroatoms. The van der Waals surface area contributed by atoms with Gasteiger partial charge in [-0.2, -0.15) is 0 Å². The molecule has 3 rings (SSSR count). The van der Waals surface area contributed by atoms with E-state index in [1.54, 1.807) is 24.4 Å². The number of hydrogen-bond donors (Lipinski definition) is 1. The van der Waals surface area contributed by atoms with Gasteiger partial charge in [0, 0.05) is 30.3 Å². The van der Waals surface area contributed by atoms with Crippen LogP contribution in [0.15, 0.2) is 59.5 Å². The first-order valence-electron chi connectivity index (χ1n) is 7.74. The van der Waals surface area contributed by atoms with E-state index in [1.165, 1.54) is 7.11 Å². The molecule has 25 heavy (non-hydrogen) atoms. The minimum Gasteiger partial charge on any atom is -0.364 e. The van der Waals surface area contributed by atoms with E-state index in [4.69, 9.17) is 16.3 Å². The number of fused-ring (bicyclic) bond motifs is 1. The molecule has 0 aliphatic carbocycles. The molecule has 5 nitrogen and oxygen atoms in total. The molecule has 2 aromatic carbocycles. The smallest absolute Gasteiger partial charge is 0.258 e. The summed E-state index contributed by atoms with van der Waals surface area (Å²) in [6.07, 6.45) is 1.58. The predicted molar refractivity (Wildman–Crippen MR) is 98.1 cm³/mol. The second-order valence-electron chi connectivity index (χ2n) is 5.59. The zero-order valence-corrected chi connectivity index (χ0v) is 14.4. The number of pyridine rings is 1. The number of hydrogen-bond acceptors (Lipinski definition) is 3. The van der Waals surface area contributed by atoms with Gasteiger partial charge in [-0.05, 0) is 29.8 Å². The minimum absolute atomic E-state index is 0.0411. The van der Waals surface area contributed by atoms with Crippen LogP contribution in [0, 0.1) is 0 Å². The van der Waals surface area contributed by atoms with Crippen LogP contribution in [0.4, 0.5) is 0 Å². The molecule has 1 heterocycles. The molecule has 0 unspecified atom stereocenters. The van der Waals surface area contributed by atoms with Crippen LogP contribution < -0.4 is 10.7 Å². The van der Waals surface area contributed by atoms with Crippen LogP contribution in [-0.4, -0.2) is 24.3 Å². The molecular weight excluding hydrogens is 340 g/mol. The largest absolute Gasteiger partial charge is 0.364 e. The van der Waals surface area contributed by atoms with Crippen LogP contribution in [0.1, 0.15) is 15.9 Å². The number of nitrogens with one attached hydrogen (secondary N) is 1. The average molecular weight is 357 g/mol. The Hall–Kier alpha value is -2.63. The summed E-state index contributed by atoms with van der Waals surface area (Å²) in [6.45, 7) is 0.533. The van der Waals surface area contributed by atoms with Crippen molar-refractivity contribution in [1.29, 1.82) is 0 Å². The number of carbonyl (C=O) groups excluding carboxylic acids is 1. The molecule has 3 aromatic rings. The van der Waals surface area contributed by atoms with Gasteiger partial charge in [0.05, 0.1) is 5.52 Å². The van der Waals surface area contributed by atoms with Crippen molar-refractivity contribution >= 4 is 28.4 Å². The van der Waals surface area contributed by atoms with Crippen LogP contribution in [0.25, 0.3) is 10.9 Å². The summed E-state index contributed by atoms with van der Waals surface area (Å²) in [4.78, 5) is 25.0. The Bertz CT molecular complexity index is 982. The van der Waals surface area contributed by atoms with E-state index >= 15 is 0 Å². The van der Waals surface area contributed by atoms with Gasteiger partial charge in [-0.15, -0.1) is 0 Å². The monoisotopic (exact) mass is 356 g/mol. The molecular formula is C19H17ClN2O3. The summed E-state index contributed by atoms with van der Waals surface area (Å²) < 4.78 is 6.72. The van der Waals surface area contributed by atoms with Crippen LogP contribution in [0.3, 0.4) is 0 Å². The molecule has 0 spiro atoms. The fourth-order valence-electron chi connectivity index (χ4n) is 2.70. The van der Waals surface area contributed by atoms with E-state index < -0.39 is 5.91 Å². The van der Waals surface area contributed by atoms with Crippen molar-refractivity contribution in [2.45, 2.75) is 6.54 Å². The lowest BCUT2D eigenvalue weighted by Crippen LogP contribution is -2.31. The summed E-state index contributed by atoms with van der Waals surface area (Å²) >= 11 is 6.06. The van der Waals surface area contributed by atoms with Crippen molar-refractivity contribution in [2.75, 3.05) is 13.8 Å². The van der Waals surface area contributed by atoms with E-state index in [1.807, 2.05) is 34.9 Å². The number of amides is 1. The molecule has 0 radical (unpaired) electrons. The first kappa shape index (κ1) is 17.2. The predicted octanol–water partition coefficient (Wildman–Crippen LogP) is 3.04. The third-order valence-electron chi connectivity index (χ3n) is 3.85. The van der Waals surface area contributed by atoms with Gasteiger partial charge in [0.25, 0.3) is 5.91 Å². The fourth-order valence-corrected chi connectivity index (χ4v) is 2.92. The molecule has 0 aliphatic heterocycles. The van der Waals surface area contributed by atoms with Crippen LogP contribution >= 0.6 is 11.6 Å². The molecule has 0 saturated heterocycles. The number of rotatable bonds is 5. The molecule has 1 aromatic heterocycles. The van der Waals surface area contributed by atoms with E-state index in [2.05, 4.69) is 5.32 Å². The van der Waals surface area contributed by atoms with Crippen molar-refractivity contribution in [3.63, 3.8) is 0 Å². The van der Waals surface area contributed by atoms with E-state index in [0.29, 0.717) is 17.0 Å². The highest BCUT2D eigenvalue weighted by molar-refractivity contribution is 6.30. The van der Waals surface area contributed by atoms with Crippen molar-refractivity contribution in [1.82, 2.24) is 9.88 Å². The highest BCUT2D eigenvalue weighted by Crippen LogP contribution is 2.16. The Morgan fingerprint density at radius 1 is 1.20 bits per heavy atom. The summed E-state index contributed by atoms with van der Waals surface area (Å²) in [5.41, 5.74) is 1.52. The molecule has 128 valence electrons. The Morgan fingerprint density at radius 3 is 2.76 bits per heavy atom. The van der Waals surface area contributed by atoms with E-state index in [0.717, 1.165) is 11.1 Å². The Balaban J connectivity index is 2.11. The lowest BCUT2D eigenvalue weighted by atomic mass is 10.1. The zero-order valence-electron chi connectivity index (χ0n) is 13.7. The highest BCUT2D eigenvalue weighted by Gasteiger charge is 2.15. The Kier molecular flexibility index (Phi) is 5.16. The van der Waals surface area contributed by atoms with Gasteiger partial charge in [-0.3, -0.25) is 9.59 Å². The number of nitrogens with zero attached hydrogens (tertiary/aromatic N) is 1. The van der Waals surface area contributed by atoms with Crippen LogP contribution in [0.2, 0.25) is 5.02 Å².